The van der Waals surface area contributed by atoms with Gasteiger partial charge in [-0.05, 0) is 54.6 Å². The summed E-state index contributed by atoms with van der Waals surface area (Å²) in [6.07, 6.45) is 1.64. The third-order valence-corrected chi connectivity index (χ3v) is 6.33. The summed E-state index contributed by atoms with van der Waals surface area (Å²) in [5, 5.41) is 4.43. The van der Waals surface area contributed by atoms with Crippen LogP contribution < -0.4 is 5.32 Å². The number of thioether (sulfide) groups is 1. The van der Waals surface area contributed by atoms with Crippen LogP contribution in [-0.4, -0.2) is 33.5 Å². The number of anilines is 1. The molecule has 0 bridgehead atoms. The summed E-state index contributed by atoms with van der Waals surface area (Å²) < 4.78 is 13.1. The van der Waals surface area contributed by atoms with E-state index < -0.39 is 11.1 Å². The Morgan fingerprint density at radius 1 is 1.19 bits per heavy atom. The van der Waals surface area contributed by atoms with Crippen molar-refractivity contribution in [2.75, 3.05) is 11.9 Å². The number of carbonyl (C=O) groups excluding carboxylic acids is 3. The quantitative estimate of drug-likeness (QED) is 0.496. The van der Waals surface area contributed by atoms with Gasteiger partial charge in [0.25, 0.3) is 11.1 Å². The lowest BCUT2D eigenvalue weighted by atomic mass is 10.1. The average Bonchev–Trinajstić information content (AvgIpc) is 3.32. The first kappa shape index (κ1) is 21.9. The number of nitrogens with zero attached hydrogens (tertiary/aromatic N) is 2. The van der Waals surface area contributed by atoms with Gasteiger partial charge in [0.15, 0.2) is 5.13 Å². The molecule has 1 aliphatic rings. The molecule has 3 amide bonds. The van der Waals surface area contributed by atoms with E-state index in [1.807, 2.05) is 31.2 Å². The molecule has 1 fully saturated rings. The highest BCUT2D eigenvalue weighted by Gasteiger charge is 2.35. The lowest BCUT2D eigenvalue weighted by Crippen LogP contribution is -2.31. The molecule has 4 rings (SSSR count). The zero-order chi connectivity index (χ0) is 22.7. The number of amides is 3. The summed E-state index contributed by atoms with van der Waals surface area (Å²) >= 11 is 2.11. The zero-order valence-electron chi connectivity index (χ0n) is 17.0. The van der Waals surface area contributed by atoms with Crippen LogP contribution in [0.25, 0.3) is 17.3 Å². The minimum Gasteiger partial charge on any atom is -0.302 e. The smallest absolute Gasteiger partial charge is 0.293 e. The summed E-state index contributed by atoms with van der Waals surface area (Å²) in [5.41, 5.74) is 3.26. The number of aromatic nitrogens is 1. The predicted octanol–water partition coefficient (Wildman–Crippen LogP) is 5.32. The molecule has 1 N–H and O–H groups in total. The molecule has 0 radical (unpaired) electrons. The number of nitrogens with one attached hydrogen (secondary N) is 1. The first-order chi connectivity index (χ1) is 15.4. The molecule has 1 saturated heterocycles. The Labute approximate surface area is 192 Å². The van der Waals surface area contributed by atoms with Crippen LogP contribution >= 0.6 is 23.1 Å². The molecule has 162 valence electrons. The van der Waals surface area contributed by atoms with Crippen molar-refractivity contribution in [1.82, 2.24) is 9.88 Å². The van der Waals surface area contributed by atoms with Gasteiger partial charge < -0.3 is 5.32 Å². The Bertz CT molecular complexity index is 1220. The van der Waals surface area contributed by atoms with E-state index in [4.69, 9.17) is 0 Å². The summed E-state index contributed by atoms with van der Waals surface area (Å²) in [4.78, 5) is 42.9. The van der Waals surface area contributed by atoms with Gasteiger partial charge in [-0.3, -0.25) is 19.3 Å². The molecule has 9 heteroatoms. The van der Waals surface area contributed by atoms with Crippen molar-refractivity contribution in [3.8, 4) is 11.3 Å². The number of imide groups is 1. The Morgan fingerprint density at radius 3 is 2.72 bits per heavy atom. The molecule has 0 aliphatic carbocycles. The van der Waals surface area contributed by atoms with E-state index in [-0.39, 0.29) is 24.7 Å². The van der Waals surface area contributed by atoms with Gasteiger partial charge in [0.05, 0.1) is 10.6 Å². The van der Waals surface area contributed by atoms with Crippen molar-refractivity contribution in [2.45, 2.75) is 13.3 Å². The van der Waals surface area contributed by atoms with Gasteiger partial charge in [-0.1, -0.05) is 29.8 Å². The van der Waals surface area contributed by atoms with Gasteiger partial charge in [0.2, 0.25) is 5.91 Å². The second-order valence-electron chi connectivity index (χ2n) is 7.09. The maximum absolute atomic E-state index is 13.1. The van der Waals surface area contributed by atoms with Gasteiger partial charge in [0, 0.05) is 23.9 Å². The standard InChI is InChI=1S/C23H18FN3O3S2/c1-14-3-2-4-15(11-14)12-19-21(29)27(23(30)32-19)10-9-20(28)26-22-25-18(13-31-22)16-5-7-17(24)8-6-16/h2-8,11-13H,9-10H2,1H3,(H,25,26,28)/b19-12+. The molecule has 0 atom stereocenters. The van der Waals surface area contributed by atoms with Crippen LogP contribution in [0.1, 0.15) is 17.5 Å². The maximum Gasteiger partial charge on any atom is 0.293 e. The van der Waals surface area contributed by atoms with E-state index in [0.717, 1.165) is 33.4 Å². The summed E-state index contributed by atoms with van der Waals surface area (Å²) in [6.45, 7) is 1.94. The first-order valence-electron chi connectivity index (χ1n) is 9.72. The van der Waals surface area contributed by atoms with Crippen LogP contribution in [-0.2, 0) is 9.59 Å². The molecule has 2 aromatic carbocycles. The van der Waals surface area contributed by atoms with Gasteiger partial charge in [0.1, 0.15) is 5.82 Å². The molecule has 0 saturated carbocycles. The molecule has 0 spiro atoms. The van der Waals surface area contributed by atoms with Crippen LogP contribution in [0.5, 0.6) is 0 Å². The van der Waals surface area contributed by atoms with E-state index >= 15 is 0 Å². The largest absolute Gasteiger partial charge is 0.302 e. The number of rotatable bonds is 6. The molecule has 3 aromatic rings. The molecule has 2 heterocycles. The van der Waals surface area contributed by atoms with Crippen molar-refractivity contribution in [3.63, 3.8) is 0 Å². The van der Waals surface area contributed by atoms with Crippen molar-refractivity contribution in [3.05, 3.63) is 75.8 Å². The number of hydrogen-bond acceptors (Lipinski definition) is 6. The van der Waals surface area contributed by atoms with Crippen LogP contribution in [0.15, 0.2) is 58.8 Å². The Balaban J connectivity index is 1.34. The molecule has 0 unspecified atom stereocenters. The minimum atomic E-state index is -0.401. The lowest BCUT2D eigenvalue weighted by molar-refractivity contribution is -0.123. The monoisotopic (exact) mass is 467 g/mol. The number of carbonyl (C=O) groups is 3. The lowest BCUT2D eigenvalue weighted by Gasteiger charge is -2.11. The highest BCUT2D eigenvalue weighted by Crippen LogP contribution is 2.32. The fraction of sp³-hybridized carbons (Fsp3) is 0.130. The molecule has 6 nitrogen and oxygen atoms in total. The van der Waals surface area contributed by atoms with Crippen molar-refractivity contribution in [1.29, 1.82) is 0 Å². The minimum absolute atomic E-state index is 0.0160. The van der Waals surface area contributed by atoms with E-state index in [1.54, 1.807) is 23.6 Å². The highest BCUT2D eigenvalue weighted by atomic mass is 32.2. The Kier molecular flexibility index (Phi) is 6.48. The number of aryl methyl sites for hydroxylation is 1. The topological polar surface area (TPSA) is 79.4 Å². The normalized spacial score (nSPS) is 14.9. The summed E-state index contributed by atoms with van der Waals surface area (Å²) in [5.74, 6) is -1.09. The van der Waals surface area contributed by atoms with Crippen LogP contribution in [0.3, 0.4) is 0 Å². The molecule has 1 aliphatic heterocycles. The first-order valence-corrected chi connectivity index (χ1v) is 11.4. The zero-order valence-corrected chi connectivity index (χ0v) is 18.6. The van der Waals surface area contributed by atoms with Gasteiger partial charge in [-0.25, -0.2) is 9.37 Å². The number of hydrogen-bond donors (Lipinski definition) is 1. The fourth-order valence-corrected chi connectivity index (χ4v) is 4.68. The highest BCUT2D eigenvalue weighted by molar-refractivity contribution is 8.18. The average molecular weight is 468 g/mol. The second-order valence-corrected chi connectivity index (χ2v) is 8.94. The van der Waals surface area contributed by atoms with Crippen molar-refractivity contribution < 1.29 is 18.8 Å². The van der Waals surface area contributed by atoms with E-state index in [0.29, 0.717) is 15.7 Å². The summed E-state index contributed by atoms with van der Waals surface area (Å²) in [7, 11) is 0. The van der Waals surface area contributed by atoms with Crippen molar-refractivity contribution in [2.24, 2.45) is 0 Å². The van der Waals surface area contributed by atoms with Crippen LogP contribution in [0, 0.1) is 12.7 Å². The maximum atomic E-state index is 13.1. The SMILES string of the molecule is Cc1cccc(/C=C2/SC(=O)N(CCC(=O)Nc3nc(-c4ccc(F)cc4)cs3)C2=O)c1. The third kappa shape index (κ3) is 5.12. The molecular weight excluding hydrogens is 449 g/mol. The van der Waals surface area contributed by atoms with Gasteiger partial charge in [-0.2, -0.15) is 0 Å². The number of thiazole rings is 1. The predicted molar refractivity (Wildman–Crippen MR) is 125 cm³/mol. The Morgan fingerprint density at radius 2 is 1.97 bits per heavy atom. The number of halogens is 1. The van der Waals surface area contributed by atoms with E-state index in [2.05, 4.69) is 10.3 Å². The molecular formula is C23H18FN3O3S2. The van der Waals surface area contributed by atoms with Crippen LogP contribution in [0.2, 0.25) is 0 Å². The van der Waals surface area contributed by atoms with Gasteiger partial charge in [-0.15, -0.1) is 11.3 Å². The third-order valence-electron chi connectivity index (χ3n) is 4.67. The van der Waals surface area contributed by atoms with Crippen molar-refractivity contribution >= 4 is 51.4 Å². The second kappa shape index (κ2) is 9.46. The van der Waals surface area contributed by atoms with E-state index in [9.17, 15) is 18.8 Å². The van der Waals surface area contributed by atoms with E-state index in [1.165, 1.54) is 23.5 Å². The molecule has 32 heavy (non-hydrogen) atoms. The summed E-state index contributed by atoms with van der Waals surface area (Å²) in [6, 6.07) is 13.5. The number of benzene rings is 2. The Hall–Kier alpha value is -3.30. The van der Waals surface area contributed by atoms with Crippen LogP contribution in [0.4, 0.5) is 14.3 Å². The van der Waals surface area contributed by atoms with Gasteiger partial charge >= 0.3 is 0 Å². The molecule has 1 aromatic heterocycles. The fourth-order valence-electron chi connectivity index (χ4n) is 3.08.